The quantitative estimate of drug-likeness (QED) is 0.719. The van der Waals surface area contributed by atoms with Gasteiger partial charge in [-0.3, -0.25) is 14.6 Å². The van der Waals surface area contributed by atoms with Crippen molar-refractivity contribution in [3.05, 3.63) is 82.3 Å². The van der Waals surface area contributed by atoms with Crippen molar-refractivity contribution >= 4 is 11.6 Å². The predicted octanol–water partition coefficient (Wildman–Crippen LogP) is 3.01. The van der Waals surface area contributed by atoms with Gasteiger partial charge < -0.3 is 9.47 Å². The van der Waals surface area contributed by atoms with Gasteiger partial charge >= 0.3 is 0 Å². The van der Waals surface area contributed by atoms with E-state index in [1.54, 1.807) is 30.5 Å². The highest BCUT2D eigenvalue weighted by Crippen LogP contribution is 2.31. The fourth-order valence-electron chi connectivity index (χ4n) is 3.40. The Kier molecular flexibility index (Phi) is 4.32. The number of rotatable bonds is 3. The van der Waals surface area contributed by atoms with Crippen LogP contribution in [0.4, 0.5) is 10.1 Å². The van der Waals surface area contributed by atoms with Crippen LogP contribution < -0.4 is 10.5 Å². The number of hydrogen-bond acceptors (Lipinski definition) is 3. The van der Waals surface area contributed by atoms with Crippen LogP contribution in [-0.4, -0.2) is 22.5 Å². The lowest BCUT2D eigenvalue weighted by molar-refractivity contribution is -0.118. The van der Waals surface area contributed by atoms with E-state index in [-0.39, 0.29) is 12.5 Å². The van der Waals surface area contributed by atoms with Crippen LogP contribution in [0, 0.1) is 5.82 Å². The molecule has 1 aliphatic rings. The first-order chi connectivity index (χ1) is 13.0. The number of carbonyl (C=O) groups is 1. The first kappa shape index (κ1) is 17.1. The molecule has 1 amide bonds. The first-order valence-electron chi connectivity index (χ1n) is 8.71. The number of anilines is 1. The number of benzene rings is 1. The maximum absolute atomic E-state index is 13.5. The monoisotopic (exact) mass is 363 g/mol. The average molecular weight is 363 g/mol. The van der Waals surface area contributed by atoms with Gasteiger partial charge in [-0.25, -0.2) is 4.39 Å². The fourth-order valence-corrected chi connectivity index (χ4v) is 3.40. The Morgan fingerprint density at radius 3 is 2.78 bits per heavy atom. The maximum Gasteiger partial charge on any atom is 0.286 e. The van der Waals surface area contributed by atoms with E-state index in [1.807, 2.05) is 18.2 Å². The van der Waals surface area contributed by atoms with Crippen molar-refractivity contribution in [2.75, 3.05) is 11.9 Å². The molecule has 6 heteroatoms. The molecule has 0 atom stereocenters. The van der Waals surface area contributed by atoms with Crippen LogP contribution in [0.1, 0.15) is 17.5 Å². The largest absolute Gasteiger partial charge is 0.315 e. The number of fused-ring (bicyclic) bond motifs is 1. The summed E-state index contributed by atoms with van der Waals surface area (Å²) < 4.78 is 14.8. The normalized spacial score (nSPS) is 13.6. The van der Waals surface area contributed by atoms with E-state index in [9.17, 15) is 14.0 Å². The maximum atomic E-state index is 13.5. The molecule has 0 fully saturated rings. The predicted molar refractivity (Wildman–Crippen MR) is 101 cm³/mol. The second kappa shape index (κ2) is 6.79. The molecule has 1 aliphatic heterocycles. The number of halogens is 1. The Hall–Kier alpha value is -3.28. The number of hydrogen-bond donors (Lipinski definition) is 0. The van der Waals surface area contributed by atoms with E-state index in [0.717, 1.165) is 40.4 Å². The Morgan fingerprint density at radius 1 is 1.07 bits per heavy atom. The van der Waals surface area contributed by atoms with Crippen LogP contribution in [0.5, 0.6) is 0 Å². The molecule has 0 N–H and O–H groups in total. The number of amides is 1. The van der Waals surface area contributed by atoms with Crippen LogP contribution in [-0.2, 0) is 17.8 Å². The van der Waals surface area contributed by atoms with Crippen LogP contribution in [0.3, 0.4) is 0 Å². The van der Waals surface area contributed by atoms with Gasteiger partial charge in [0.1, 0.15) is 0 Å². The zero-order valence-electron chi connectivity index (χ0n) is 14.9. The lowest BCUT2D eigenvalue weighted by Crippen LogP contribution is -2.30. The van der Waals surface area contributed by atoms with Crippen LogP contribution >= 0.6 is 0 Å². The highest BCUT2D eigenvalue weighted by atomic mass is 19.1. The van der Waals surface area contributed by atoms with Crippen molar-refractivity contribution < 1.29 is 9.18 Å². The summed E-state index contributed by atoms with van der Waals surface area (Å²) in [5.41, 5.74) is 4.14. The average Bonchev–Trinajstić information content (AvgIpc) is 2.68. The minimum atomic E-state index is -0.769. The summed E-state index contributed by atoms with van der Waals surface area (Å²) in [6.45, 7) is 0.250. The second-order valence-electron chi connectivity index (χ2n) is 6.67. The first-order valence-corrected chi connectivity index (χ1v) is 8.71. The molecule has 5 nitrogen and oxygen atoms in total. The van der Waals surface area contributed by atoms with Crippen LogP contribution in [0.2, 0.25) is 0 Å². The number of aryl methyl sites for hydroxylation is 1. The summed E-state index contributed by atoms with van der Waals surface area (Å²) in [6, 6.07) is 10.6. The van der Waals surface area contributed by atoms with Gasteiger partial charge in [0, 0.05) is 43.3 Å². The van der Waals surface area contributed by atoms with Gasteiger partial charge in [-0.2, -0.15) is 0 Å². The van der Waals surface area contributed by atoms with Gasteiger partial charge in [0.15, 0.2) is 5.82 Å². The Labute approximate surface area is 155 Å². The lowest BCUT2D eigenvalue weighted by Gasteiger charge is -2.26. The summed E-state index contributed by atoms with van der Waals surface area (Å²) >= 11 is 0. The van der Waals surface area contributed by atoms with Crippen LogP contribution in [0.15, 0.2) is 59.8 Å². The number of nitrogens with zero attached hydrogens (tertiary/aromatic N) is 3. The summed E-state index contributed by atoms with van der Waals surface area (Å²) in [6.07, 6.45) is 6.22. The topological polar surface area (TPSA) is 55.2 Å². The molecule has 4 rings (SSSR count). The second-order valence-corrected chi connectivity index (χ2v) is 6.67. The zero-order valence-corrected chi connectivity index (χ0v) is 14.9. The van der Waals surface area contributed by atoms with Crippen molar-refractivity contribution in [1.82, 2.24) is 9.55 Å². The summed E-state index contributed by atoms with van der Waals surface area (Å²) in [4.78, 5) is 29.7. The highest BCUT2D eigenvalue weighted by Gasteiger charge is 2.21. The molecule has 2 aromatic heterocycles. The summed E-state index contributed by atoms with van der Waals surface area (Å²) in [7, 11) is 1.79. The molecule has 3 aromatic rings. The lowest BCUT2D eigenvalue weighted by atomic mass is 9.96. The molecule has 136 valence electrons. The van der Waals surface area contributed by atoms with E-state index in [4.69, 9.17) is 0 Å². The minimum absolute atomic E-state index is 0.124. The molecular weight excluding hydrogens is 345 g/mol. The Morgan fingerprint density at radius 2 is 1.93 bits per heavy atom. The third-order valence-corrected chi connectivity index (χ3v) is 4.88. The van der Waals surface area contributed by atoms with Gasteiger partial charge in [0.25, 0.3) is 5.56 Å². The summed E-state index contributed by atoms with van der Waals surface area (Å²) in [5, 5.41) is 0. The smallest absolute Gasteiger partial charge is 0.286 e. The van der Waals surface area contributed by atoms with E-state index in [0.29, 0.717) is 6.42 Å². The molecule has 0 spiro atoms. The third kappa shape index (κ3) is 3.26. The Bertz CT molecular complexity index is 1090. The van der Waals surface area contributed by atoms with Gasteiger partial charge in [-0.1, -0.05) is 6.07 Å². The molecule has 27 heavy (non-hydrogen) atoms. The number of pyridine rings is 2. The van der Waals surface area contributed by atoms with Crippen LogP contribution in [0.25, 0.3) is 11.1 Å². The SMILES string of the molecule is CN1C(=O)CCc2cc(-c3cncc(Cn4cccc(F)c4=O)c3)ccc21. The molecule has 0 aliphatic carbocycles. The van der Waals surface area contributed by atoms with E-state index >= 15 is 0 Å². The molecule has 0 unspecified atom stereocenters. The van der Waals surface area contributed by atoms with Gasteiger partial charge in [0.05, 0.1) is 6.54 Å². The number of carbonyl (C=O) groups excluding carboxylic acids is 1. The van der Waals surface area contributed by atoms with Gasteiger partial charge in [0.2, 0.25) is 5.91 Å². The van der Waals surface area contributed by atoms with Crippen molar-refractivity contribution in [2.45, 2.75) is 19.4 Å². The molecule has 0 saturated heterocycles. The minimum Gasteiger partial charge on any atom is -0.315 e. The molecular formula is C21H18FN3O2. The summed E-state index contributed by atoms with van der Waals surface area (Å²) in [5.74, 6) is -0.644. The van der Waals surface area contributed by atoms with Gasteiger partial charge in [-0.15, -0.1) is 0 Å². The highest BCUT2D eigenvalue weighted by molar-refractivity contribution is 5.96. The van der Waals surface area contributed by atoms with E-state index in [1.165, 1.54) is 10.6 Å². The molecule has 3 heterocycles. The van der Waals surface area contributed by atoms with Gasteiger partial charge in [-0.05, 0) is 53.4 Å². The van der Waals surface area contributed by atoms with Crippen molar-refractivity contribution in [2.24, 2.45) is 0 Å². The van der Waals surface area contributed by atoms with E-state index < -0.39 is 11.4 Å². The van der Waals surface area contributed by atoms with E-state index in [2.05, 4.69) is 11.1 Å². The third-order valence-electron chi connectivity index (χ3n) is 4.88. The molecule has 0 radical (unpaired) electrons. The zero-order chi connectivity index (χ0) is 19.0. The molecule has 0 bridgehead atoms. The van der Waals surface area contributed by atoms with Crippen molar-refractivity contribution in [3.63, 3.8) is 0 Å². The Balaban J connectivity index is 1.66. The molecule has 1 aromatic carbocycles. The fraction of sp³-hybridized carbons (Fsp3) is 0.190. The molecule has 0 saturated carbocycles. The number of aromatic nitrogens is 2. The van der Waals surface area contributed by atoms with Crippen molar-refractivity contribution in [3.8, 4) is 11.1 Å². The standard InChI is InChI=1S/C21H18FN3O2/c1-24-19-6-4-15(10-16(19)5-7-20(24)26)17-9-14(11-23-12-17)13-25-8-2-3-18(22)21(25)27/h2-4,6,8-12H,5,7,13H2,1H3. The van der Waals surface area contributed by atoms with Crippen molar-refractivity contribution in [1.29, 1.82) is 0 Å².